The highest BCUT2D eigenvalue weighted by atomic mass is 19.3. The van der Waals surface area contributed by atoms with Gasteiger partial charge < -0.3 is 24.4 Å². The molecule has 2 saturated heterocycles. The van der Waals surface area contributed by atoms with E-state index in [4.69, 9.17) is 4.74 Å². The van der Waals surface area contributed by atoms with Crippen LogP contribution >= 0.6 is 0 Å². The Hall–Kier alpha value is -1.67. The van der Waals surface area contributed by atoms with Crippen molar-refractivity contribution < 1.29 is 23.0 Å². The Bertz CT molecular complexity index is 532. The molecular weight excluding hydrogens is 296 g/mol. The number of hydrogen-bond donors (Lipinski definition) is 1. The van der Waals surface area contributed by atoms with Crippen LogP contribution in [0.3, 0.4) is 0 Å². The Balaban J connectivity index is 0.000000693. The van der Waals surface area contributed by atoms with E-state index in [1.807, 2.05) is 13.8 Å². The minimum absolute atomic E-state index is 0.0257. The van der Waals surface area contributed by atoms with Crippen LogP contribution in [0.15, 0.2) is 12.3 Å². The van der Waals surface area contributed by atoms with Crippen molar-refractivity contribution in [2.24, 2.45) is 0 Å². The Morgan fingerprint density at radius 3 is 2.59 bits per heavy atom. The Labute approximate surface area is 127 Å². The van der Waals surface area contributed by atoms with E-state index in [0.29, 0.717) is 13.1 Å². The van der Waals surface area contributed by atoms with Crippen LogP contribution in [0.1, 0.15) is 13.8 Å². The fraction of sp³-hybridized carbons (Fsp3) is 0.643. The summed E-state index contributed by atoms with van der Waals surface area (Å²) in [6.45, 7) is 6.98. The second kappa shape index (κ2) is 5.85. The summed E-state index contributed by atoms with van der Waals surface area (Å²) in [5, 5.41) is 3.30. The van der Waals surface area contributed by atoms with Crippen LogP contribution in [0.5, 0.6) is 11.6 Å². The Morgan fingerprint density at radius 1 is 1.23 bits per heavy atom. The number of ether oxygens (including phenoxy) is 3. The fourth-order valence-electron chi connectivity index (χ4n) is 2.77. The number of pyridine rings is 1. The first kappa shape index (κ1) is 15.2. The average Bonchev–Trinajstić information content (AvgIpc) is 2.81. The van der Waals surface area contributed by atoms with Crippen LogP contribution in [-0.4, -0.2) is 49.7 Å². The summed E-state index contributed by atoms with van der Waals surface area (Å²) in [6.07, 6.45) is -1.89. The van der Waals surface area contributed by atoms with E-state index in [2.05, 4.69) is 24.7 Å². The molecule has 1 aromatic heterocycles. The molecule has 0 spiro atoms. The van der Waals surface area contributed by atoms with E-state index in [1.54, 1.807) is 0 Å². The van der Waals surface area contributed by atoms with Crippen LogP contribution in [-0.2, 0) is 4.74 Å². The molecule has 0 radical (unpaired) electrons. The van der Waals surface area contributed by atoms with E-state index < -0.39 is 6.29 Å². The third-order valence-corrected chi connectivity index (χ3v) is 3.59. The summed E-state index contributed by atoms with van der Waals surface area (Å²) in [4.78, 5) is 5.97. The van der Waals surface area contributed by atoms with Gasteiger partial charge >= 0.3 is 6.29 Å². The normalized spacial score (nSPS) is 27.9. The van der Waals surface area contributed by atoms with Crippen molar-refractivity contribution in [3.63, 3.8) is 0 Å². The van der Waals surface area contributed by atoms with Crippen LogP contribution in [0.2, 0.25) is 0 Å². The predicted molar refractivity (Wildman–Crippen MR) is 75.5 cm³/mol. The number of fused-ring (bicyclic) bond motifs is 3. The van der Waals surface area contributed by atoms with E-state index in [9.17, 15) is 8.78 Å². The van der Waals surface area contributed by atoms with Crippen LogP contribution < -0.4 is 19.7 Å². The molecule has 4 heterocycles. The lowest BCUT2D eigenvalue weighted by Crippen LogP contribution is -2.58. The molecule has 2 fully saturated rings. The summed E-state index contributed by atoms with van der Waals surface area (Å²) in [7, 11) is 0. The third-order valence-electron chi connectivity index (χ3n) is 3.59. The van der Waals surface area contributed by atoms with Crippen molar-refractivity contribution in [3.8, 4) is 11.6 Å². The standard InChI is InChI=1S/C12H13F2N3O3.C2H6/c13-12(14)19-10-1-7(2-16-11(10)20-12)17-5-8-3-15-4-9(6-17)18-8;1-2/h1-2,8-9,15H,3-6H2;1-2H3. The second-order valence-corrected chi connectivity index (χ2v) is 5.11. The number of anilines is 1. The van der Waals surface area contributed by atoms with Gasteiger partial charge in [0.1, 0.15) is 0 Å². The Kier molecular flexibility index (Phi) is 4.05. The minimum Gasteiger partial charge on any atom is -0.393 e. The van der Waals surface area contributed by atoms with Crippen LogP contribution in [0.4, 0.5) is 14.5 Å². The number of nitrogens with zero attached hydrogens (tertiary/aromatic N) is 2. The number of nitrogens with one attached hydrogen (secondary N) is 1. The molecule has 1 N–H and O–H groups in total. The number of hydrogen-bond acceptors (Lipinski definition) is 6. The number of rotatable bonds is 1. The molecule has 8 heteroatoms. The van der Waals surface area contributed by atoms with Crippen molar-refractivity contribution in [3.05, 3.63) is 12.3 Å². The largest absolute Gasteiger partial charge is 0.587 e. The van der Waals surface area contributed by atoms with Gasteiger partial charge in [0.25, 0.3) is 5.88 Å². The highest BCUT2D eigenvalue weighted by Gasteiger charge is 2.45. The summed E-state index contributed by atoms with van der Waals surface area (Å²) in [5.74, 6) is -0.198. The SMILES string of the molecule is CC.FC1(F)Oc2cc(N3CC4CNCC(C3)O4)cnc2O1. The number of morpholine rings is 2. The molecule has 2 unspecified atom stereocenters. The molecule has 3 aliphatic heterocycles. The molecule has 22 heavy (non-hydrogen) atoms. The lowest BCUT2D eigenvalue weighted by Gasteiger charge is -2.42. The summed E-state index contributed by atoms with van der Waals surface area (Å²) in [5.41, 5.74) is 0.741. The summed E-state index contributed by atoms with van der Waals surface area (Å²) >= 11 is 0. The molecule has 0 aromatic carbocycles. The van der Waals surface area contributed by atoms with Gasteiger partial charge in [-0.3, -0.25) is 0 Å². The minimum atomic E-state index is -3.63. The first-order chi connectivity index (χ1) is 10.6. The molecule has 2 bridgehead atoms. The quantitative estimate of drug-likeness (QED) is 0.850. The first-order valence-electron chi connectivity index (χ1n) is 7.46. The van der Waals surface area contributed by atoms with Crippen molar-refractivity contribution >= 4 is 5.69 Å². The van der Waals surface area contributed by atoms with Gasteiger partial charge in [0.15, 0.2) is 5.75 Å². The molecule has 2 atom stereocenters. The van der Waals surface area contributed by atoms with E-state index in [1.165, 1.54) is 12.3 Å². The fourth-order valence-corrected chi connectivity index (χ4v) is 2.77. The molecule has 0 aliphatic carbocycles. The smallest absolute Gasteiger partial charge is 0.393 e. The molecule has 0 saturated carbocycles. The maximum atomic E-state index is 13.0. The molecule has 3 aliphatic rings. The van der Waals surface area contributed by atoms with Crippen molar-refractivity contribution in [2.75, 3.05) is 31.1 Å². The van der Waals surface area contributed by atoms with Gasteiger partial charge in [-0.1, -0.05) is 13.8 Å². The van der Waals surface area contributed by atoms with Crippen LogP contribution in [0.25, 0.3) is 0 Å². The monoisotopic (exact) mass is 315 g/mol. The summed E-state index contributed by atoms with van der Waals surface area (Å²) in [6, 6.07) is 1.54. The van der Waals surface area contributed by atoms with Gasteiger partial charge in [0.2, 0.25) is 0 Å². The number of aromatic nitrogens is 1. The number of alkyl halides is 2. The van der Waals surface area contributed by atoms with Gasteiger partial charge in [-0.15, -0.1) is 8.78 Å². The maximum absolute atomic E-state index is 13.0. The average molecular weight is 315 g/mol. The predicted octanol–water partition coefficient (Wildman–Crippen LogP) is 1.61. The molecule has 122 valence electrons. The van der Waals surface area contributed by atoms with Crippen molar-refractivity contribution in [1.29, 1.82) is 0 Å². The first-order valence-corrected chi connectivity index (χ1v) is 7.46. The highest BCUT2D eigenvalue weighted by molar-refractivity contribution is 5.53. The van der Waals surface area contributed by atoms with Gasteiger partial charge in [-0.2, -0.15) is 0 Å². The highest BCUT2D eigenvalue weighted by Crippen LogP contribution is 2.41. The third kappa shape index (κ3) is 2.93. The zero-order chi connectivity index (χ0) is 15.7. The number of halogens is 2. The molecule has 1 aromatic rings. The topological polar surface area (TPSA) is 55.9 Å². The zero-order valence-electron chi connectivity index (χ0n) is 12.5. The second-order valence-electron chi connectivity index (χ2n) is 5.11. The lowest BCUT2D eigenvalue weighted by molar-refractivity contribution is -0.287. The van der Waals surface area contributed by atoms with Gasteiger partial charge in [-0.05, 0) is 0 Å². The van der Waals surface area contributed by atoms with Crippen molar-refractivity contribution in [1.82, 2.24) is 10.3 Å². The maximum Gasteiger partial charge on any atom is 0.587 e. The van der Waals surface area contributed by atoms with E-state index in [0.717, 1.165) is 18.8 Å². The van der Waals surface area contributed by atoms with Gasteiger partial charge in [0.05, 0.1) is 24.1 Å². The lowest BCUT2D eigenvalue weighted by atomic mass is 10.1. The van der Waals surface area contributed by atoms with Gasteiger partial charge in [-0.25, -0.2) is 4.98 Å². The van der Waals surface area contributed by atoms with Crippen LogP contribution in [0, 0.1) is 0 Å². The summed E-state index contributed by atoms with van der Waals surface area (Å²) < 4.78 is 40.5. The van der Waals surface area contributed by atoms with Gasteiger partial charge in [0, 0.05) is 32.2 Å². The molecule has 4 rings (SSSR count). The van der Waals surface area contributed by atoms with E-state index >= 15 is 0 Å². The molecular formula is C14H19F2N3O3. The molecule has 6 nitrogen and oxygen atoms in total. The van der Waals surface area contributed by atoms with Crippen molar-refractivity contribution in [2.45, 2.75) is 32.4 Å². The Morgan fingerprint density at radius 2 is 1.91 bits per heavy atom. The molecule has 0 amide bonds. The zero-order valence-corrected chi connectivity index (χ0v) is 12.5. The van der Waals surface area contributed by atoms with E-state index in [-0.39, 0.29) is 23.8 Å².